The predicted molar refractivity (Wildman–Crippen MR) is 42.4 cm³/mol. The Morgan fingerprint density at radius 1 is 1.70 bits per heavy atom. The van der Waals surface area contributed by atoms with Gasteiger partial charge in [0.2, 0.25) is 0 Å². The second kappa shape index (κ2) is 3.05. The molecule has 1 aliphatic rings. The maximum Gasteiger partial charge on any atom is 0.0660 e. The number of terminal acetylenes is 1. The van der Waals surface area contributed by atoms with Gasteiger partial charge in [-0.15, -0.1) is 6.42 Å². The van der Waals surface area contributed by atoms with Gasteiger partial charge in [-0.2, -0.15) is 0 Å². The predicted octanol–water partition coefficient (Wildman–Crippen LogP) is 0.0874. The Kier molecular flexibility index (Phi) is 2.31. The topological polar surface area (TPSA) is 38.0 Å². The van der Waals surface area contributed by atoms with Gasteiger partial charge in [0, 0.05) is 12.1 Å². The third kappa shape index (κ3) is 1.73. The molecule has 1 fully saturated rings. The molecule has 0 amide bonds. The van der Waals surface area contributed by atoms with Gasteiger partial charge >= 0.3 is 0 Å². The van der Waals surface area contributed by atoms with Gasteiger partial charge in [-0.3, -0.25) is 0 Å². The number of nitrogens with one attached hydrogen (secondary N) is 1. The summed E-state index contributed by atoms with van der Waals surface area (Å²) in [5.74, 6) is 2.63. The summed E-state index contributed by atoms with van der Waals surface area (Å²) in [6, 6.07) is 1.17. The van der Waals surface area contributed by atoms with Crippen LogP contribution in [0.1, 0.15) is 19.8 Å². The van der Waals surface area contributed by atoms with Crippen LogP contribution in [0.2, 0.25) is 0 Å². The van der Waals surface area contributed by atoms with Crippen LogP contribution < -0.4 is 11.1 Å². The van der Waals surface area contributed by atoms with Crippen molar-refractivity contribution in [1.82, 2.24) is 5.32 Å². The van der Waals surface area contributed by atoms with Gasteiger partial charge in [-0.25, -0.2) is 0 Å². The standard InChI is InChI=1S/C8H14N2/c1-3-6(2)10-8-4-7(9)5-8/h1,6-8,10H,4-5,9H2,2H3. The molecule has 0 aromatic rings. The van der Waals surface area contributed by atoms with Crippen LogP contribution in [0.3, 0.4) is 0 Å². The Morgan fingerprint density at radius 3 is 2.70 bits per heavy atom. The molecule has 2 heteroatoms. The molecule has 0 aromatic heterocycles. The zero-order valence-electron chi connectivity index (χ0n) is 6.30. The molecule has 0 aromatic carbocycles. The first-order valence-corrected chi connectivity index (χ1v) is 3.70. The van der Waals surface area contributed by atoms with E-state index < -0.39 is 0 Å². The lowest BCUT2D eigenvalue weighted by atomic mass is 9.87. The lowest BCUT2D eigenvalue weighted by molar-refractivity contribution is 0.285. The minimum absolute atomic E-state index is 0.192. The SMILES string of the molecule is C#CC(C)NC1CC(N)C1. The molecule has 2 nitrogen and oxygen atoms in total. The first-order chi connectivity index (χ1) is 4.72. The third-order valence-electron chi connectivity index (χ3n) is 1.91. The normalized spacial score (nSPS) is 34.1. The molecule has 0 bridgehead atoms. The van der Waals surface area contributed by atoms with E-state index in [1.54, 1.807) is 0 Å². The Hall–Kier alpha value is -0.520. The number of nitrogens with two attached hydrogens (primary N) is 1. The minimum Gasteiger partial charge on any atom is -0.328 e. The number of hydrogen-bond donors (Lipinski definition) is 2. The lowest BCUT2D eigenvalue weighted by Gasteiger charge is -2.34. The van der Waals surface area contributed by atoms with Crippen molar-refractivity contribution in [2.75, 3.05) is 0 Å². The summed E-state index contributed by atoms with van der Waals surface area (Å²) in [7, 11) is 0. The van der Waals surface area contributed by atoms with Gasteiger partial charge in [0.1, 0.15) is 0 Å². The minimum atomic E-state index is 0.192. The Bertz CT molecular complexity index is 142. The van der Waals surface area contributed by atoms with Gasteiger partial charge in [-0.05, 0) is 19.8 Å². The summed E-state index contributed by atoms with van der Waals surface area (Å²) >= 11 is 0. The smallest absolute Gasteiger partial charge is 0.0660 e. The first kappa shape index (κ1) is 7.59. The van der Waals surface area contributed by atoms with Crippen molar-refractivity contribution in [1.29, 1.82) is 0 Å². The number of hydrogen-bond acceptors (Lipinski definition) is 2. The largest absolute Gasteiger partial charge is 0.328 e. The van der Waals surface area contributed by atoms with Crippen molar-refractivity contribution >= 4 is 0 Å². The molecule has 0 saturated heterocycles. The highest BCUT2D eigenvalue weighted by Crippen LogP contribution is 2.17. The highest BCUT2D eigenvalue weighted by atomic mass is 15.0. The summed E-state index contributed by atoms with van der Waals surface area (Å²) in [6.45, 7) is 1.99. The van der Waals surface area contributed by atoms with Crippen molar-refractivity contribution in [2.45, 2.75) is 37.9 Å². The van der Waals surface area contributed by atoms with E-state index in [2.05, 4.69) is 11.2 Å². The fourth-order valence-corrected chi connectivity index (χ4v) is 1.20. The van der Waals surface area contributed by atoms with Crippen molar-refractivity contribution in [2.24, 2.45) is 5.73 Å². The van der Waals surface area contributed by atoms with Crippen LogP contribution in [0, 0.1) is 12.3 Å². The molecule has 3 N–H and O–H groups in total. The second-order valence-electron chi connectivity index (χ2n) is 2.98. The first-order valence-electron chi connectivity index (χ1n) is 3.70. The van der Waals surface area contributed by atoms with Crippen LogP contribution in [-0.4, -0.2) is 18.1 Å². The van der Waals surface area contributed by atoms with E-state index in [1.807, 2.05) is 6.92 Å². The molecule has 0 spiro atoms. The maximum atomic E-state index is 5.59. The van der Waals surface area contributed by atoms with Crippen molar-refractivity contribution in [3.63, 3.8) is 0 Å². The lowest BCUT2D eigenvalue weighted by Crippen LogP contribution is -2.50. The van der Waals surface area contributed by atoms with E-state index in [4.69, 9.17) is 12.2 Å². The highest BCUT2D eigenvalue weighted by Gasteiger charge is 2.25. The van der Waals surface area contributed by atoms with Crippen LogP contribution in [-0.2, 0) is 0 Å². The van der Waals surface area contributed by atoms with E-state index in [0.29, 0.717) is 12.1 Å². The summed E-state index contributed by atoms with van der Waals surface area (Å²) in [5.41, 5.74) is 5.59. The average Bonchev–Trinajstić information content (AvgIpc) is 1.84. The van der Waals surface area contributed by atoms with Crippen molar-refractivity contribution in [3.05, 3.63) is 0 Å². The summed E-state index contributed by atoms with van der Waals surface area (Å²) < 4.78 is 0. The Balaban J connectivity index is 2.11. The van der Waals surface area contributed by atoms with Crippen LogP contribution in [0.25, 0.3) is 0 Å². The van der Waals surface area contributed by atoms with E-state index >= 15 is 0 Å². The van der Waals surface area contributed by atoms with Crippen molar-refractivity contribution < 1.29 is 0 Å². The Labute approximate surface area is 62.2 Å². The number of rotatable bonds is 2. The quantitative estimate of drug-likeness (QED) is 0.531. The second-order valence-corrected chi connectivity index (χ2v) is 2.98. The molecule has 1 unspecified atom stereocenters. The van der Waals surface area contributed by atoms with Gasteiger partial charge in [0.25, 0.3) is 0 Å². The van der Waals surface area contributed by atoms with Gasteiger partial charge in [-0.1, -0.05) is 5.92 Å². The monoisotopic (exact) mass is 138 g/mol. The molecule has 1 saturated carbocycles. The summed E-state index contributed by atoms with van der Waals surface area (Å²) in [6.07, 6.45) is 7.34. The van der Waals surface area contributed by atoms with Crippen LogP contribution in [0.15, 0.2) is 0 Å². The van der Waals surface area contributed by atoms with E-state index in [1.165, 1.54) is 0 Å². The fourth-order valence-electron chi connectivity index (χ4n) is 1.20. The molecule has 0 radical (unpaired) electrons. The average molecular weight is 138 g/mol. The van der Waals surface area contributed by atoms with Gasteiger partial charge in [0.05, 0.1) is 6.04 Å². The highest BCUT2D eigenvalue weighted by molar-refractivity contribution is 4.99. The van der Waals surface area contributed by atoms with Crippen LogP contribution in [0.5, 0.6) is 0 Å². The third-order valence-corrected chi connectivity index (χ3v) is 1.91. The molecule has 1 rings (SSSR count). The maximum absolute atomic E-state index is 5.59. The molecular formula is C8H14N2. The summed E-state index contributed by atoms with van der Waals surface area (Å²) in [4.78, 5) is 0. The molecule has 1 atom stereocenters. The van der Waals surface area contributed by atoms with E-state index in [0.717, 1.165) is 12.8 Å². The fraction of sp³-hybridized carbons (Fsp3) is 0.750. The molecular weight excluding hydrogens is 124 g/mol. The molecule has 10 heavy (non-hydrogen) atoms. The van der Waals surface area contributed by atoms with E-state index in [9.17, 15) is 0 Å². The summed E-state index contributed by atoms with van der Waals surface area (Å²) in [5, 5.41) is 3.28. The molecule has 1 aliphatic carbocycles. The Morgan fingerprint density at radius 2 is 2.30 bits per heavy atom. The zero-order valence-corrected chi connectivity index (χ0v) is 6.30. The molecule has 56 valence electrons. The van der Waals surface area contributed by atoms with Crippen LogP contribution in [0.4, 0.5) is 0 Å². The van der Waals surface area contributed by atoms with Crippen molar-refractivity contribution in [3.8, 4) is 12.3 Å². The molecule has 0 aliphatic heterocycles. The van der Waals surface area contributed by atoms with E-state index in [-0.39, 0.29) is 6.04 Å². The van der Waals surface area contributed by atoms with Gasteiger partial charge in [0.15, 0.2) is 0 Å². The van der Waals surface area contributed by atoms with Crippen LogP contribution >= 0.6 is 0 Å². The zero-order chi connectivity index (χ0) is 7.56. The molecule has 0 heterocycles. The van der Waals surface area contributed by atoms with Gasteiger partial charge < -0.3 is 11.1 Å².